The molecule has 1 fully saturated rings. The molecule has 1 aliphatic rings. The SMILES string of the molecule is COc1ccc(C(=O)C2CC2C(=O)c2ccc(OC)cc2)cc1. The Morgan fingerprint density at radius 1 is 0.739 bits per heavy atom. The van der Waals surface area contributed by atoms with Gasteiger partial charge in [0.05, 0.1) is 14.2 Å². The Balaban J connectivity index is 1.67. The Hall–Kier alpha value is -2.62. The molecule has 4 heteroatoms. The number of ether oxygens (including phenoxy) is 2. The maximum absolute atomic E-state index is 12.4. The lowest BCUT2D eigenvalue weighted by molar-refractivity contribution is 0.0905. The molecule has 0 N–H and O–H groups in total. The van der Waals surface area contributed by atoms with E-state index >= 15 is 0 Å². The van der Waals surface area contributed by atoms with Crippen LogP contribution in [0.1, 0.15) is 27.1 Å². The van der Waals surface area contributed by atoms with Crippen molar-refractivity contribution >= 4 is 11.6 Å². The Kier molecular flexibility index (Phi) is 4.15. The Bertz CT molecular complexity index is 653. The predicted octanol–water partition coefficient (Wildman–Crippen LogP) is 3.41. The zero-order valence-corrected chi connectivity index (χ0v) is 13.1. The summed E-state index contributed by atoms with van der Waals surface area (Å²) in [6, 6.07) is 14.0. The molecule has 0 radical (unpaired) electrons. The molecule has 1 saturated carbocycles. The summed E-state index contributed by atoms with van der Waals surface area (Å²) in [5.41, 5.74) is 1.25. The van der Waals surface area contributed by atoms with Gasteiger partial charge in [-0.1, -0.05) is 0 Å². The van der Waals surface area contributed by atoms with Gasteiger partial charge in [-0.15, -0.1) is 0 Å². The number of rotatable bonds is 6. The van der Waals surface area contributed by atoms with Gasteiger partial charge in [0.2, 0.25) is 0 Å². The van der Waals surface area contributed by atoms with Gasteiger partial charge in [0.1, 0.15) is 11.5 Å². The van der Waals surface area contributed by atoms with Crippen molar-refractivity contribution in [3.8, 4) is 11.5 Å². The van der Waals surface area contributed by atoms with Crippen molar-refractivity contribution in [1.29, 1.82) is 0 Å². The first kappa shape index (κ1) is 15.3. The topological polar surface area (TPSA) is 52.6 Å². The van der Waals surface area contributed by atoms with Gasteiger partial charge in [0.15, 0.2) is 11.6 Å². The maximum atomic E-state index is 12.4. The van der Waals surface area contributed by atoms with Crippen molar-refractivity contribution in [1.82, 2.24) is 0 Å². The zero-order chi connectivity index (χ0) is 16.4. The maximum Gasteiger partial charge on any atom is 0.166 e. The number of Topliss-reactive ketones (excluding diaryl/α,β-unsaturated/α-hetero) is 2. The summed E-state index contributed by atoms with van der Waals surface area (Å²) in [6.07, 6.45) is 0.621. The highest BCUT2D eigenvalue weighted by molar-refractivity contribution is 6.08. The van der Waals surface area contributed by atoms with E-state index in [9.17, 15) is 9.59 Å². The van der Waals surface area contributed by atoms with Gasteiger partial charge in [-0.25, -0.2) is 0 Å². The molecule has 0 aliphatic heterocycles. The van der Waals surface area contributed by atoms with E-state index < -0.39 is 0 Å². The first-order valence-electron chi connectivity index (χ1n) is 7.50. The van der Waals surface area contributed by atoms with E-state index in [1.807, 2.05) is 0 Å². The zero-order valence-electron chi connectivity index (χ0n) is 13.1. The predicted molar refractivity (Wildman–Crippen MR) is 86.2 cm³/mol. The van der Waals surface area contributed by atoms with E-state index in [-0.39, 0.29) is 23.4 Å². The minimum absolute atomic E-state index is 0.0273. The summed E-state index contributed by atoms with van der Waals surface area (Å²) in [6.45, 7) is 0. The summed E-state index contributed by atoms with van der Waals surface area (Å²) in [5, 5.41) is 0. The normalized spacial score (nSPS) is 19.0. The van der Waals surface area contributed by atoms with Crippen molar-refractivity contribution in [3.63, 3.8) is 0 Å². The third-order valence-electron chi connectivity index (χ3n) is 4.21. The van der Waals surface area contributed by atoms with Crippen LogP contribution in [0.4, 0.5) is 0 Å². The summed E-state index contributed by atoms with van der Waals surface area (Å²) in [7, 11) is 3.17. The van der Waals surface area contributed by atoms with Crippen LogP contribution in [0.15, 0.2) is 48.5 Å². The van der Waals surface area contributed by atoms with Crippen LogP contribution >= 0.6 is 0 Å². The molecule has 0 bridgehead atoms. The summed E-state index contributed by atoms with van der Waals surface area (Å²) in [5.74, 6) is 1.06. The third-order valence-corrected chi connectivity index (χ3v) is 4.21. The van der Waals surface area contributed by atoms with E-state index in [2.05, 4.69) is 0 Å². The number of carbonyl (C=O) groups is 2. The van der Waals surface area contributed by atoms with Crippen LogP contribution in [0, 0.1) is 11.8 Å². The van der Waals surface area contributed by atoms with Gasteiger partial charge in [0, 0.05) is 23.0 Å². The monoisotopic (exact) mass is 310 g/mol. The summed E-state index contributed by atoms with van der Waals surface area (Å²) in [4.78, 5) is 24.9. The van der Waals surface area contributed by atoms with E-state index in [0.29, 0.717) is 29.0 Å². The molecule has 2 unspecified atom stereocenters. The molecule has 0 saturated heterocycles. The van der Waals surface area contributed by atoms with Crippen LogP contribution in [0.5, 0.6) is 11.5 Å². The third kappa shape index (κ3) is 3.11. The van der Waals surface area contributed by atoms with Crippen LogP contribution < -0.4 is 9.47 Å². The van der Waals surface area contributed by atoms with Crippen molar-refractivity contribution in [2.24, 2.45) is 11.8 Å². The van der Waals surface area contributed by atoms with Crippen LogP contribution in [0.25, 0.3) is 0 Å². The number of carbonyl (C=O) groups excluding carboxylic acids is 2. The van der Waals surface area contributed by atoms with E-state index in [4.69, 9.17) is 9.47 Å². The second kappa shape index (κ2) is 6.24. The lowest BCUT2D eigenvalue weighted by Crippen LogP contribution is -2.09. The van der Waals surface area contributed by atoms with Gasteiger partial charge < -0.3 is 9.47 Å². The van der Waals surface area contributed by atoms with Gasteiger partial charge in [-0.2, -0.15) is 0 Å². The molecule has 2 atom stereocenters. The van der Waals surface area contributed by atoms with Crippen molar-refractivity contribution < 1.29 is 19.1 Å². The van der Waals surface area contributed by atoms with Gasteiger partial charge in [-0.3, -0.25) is 9.59 Å². The standard InChI is InChI=1S/C19H18O4/c1-22-14-7-3-12(4-8-14)18(20)16-11-17(16)19(21)13-5-9-15(23-2)10-6-13/h3-10,16-17H,11H2,1-2H3. The molecule has 0 spiro atoms. The van der Waals surface area contributed by atoms with E-state index in [1.165, 1.54) is 0 Å². The lowest BCUT2D eigenvalue weighted by atomic mass is 10.0. The first-order chi connectivity index (χ1) is 11.1. The highest BCUT2D eigenvalue weighted by Gasteiger charge is 2.47. The first-order valence-corrected chi connectivity index (χ1v) is 7.50. The summed E-state index contributed by atoms with van der Waals surface area (Å²) >= 11 is 0. The smallest absolute Gasteiger partial charge is 0.166 e. The number of ketones is 2. The minimum Gasteiger partial charge on any atom is -0.497 e. The second-order valence-corrected chi connectivity index (χ2v) is 5.63. The molecular weight excluding hydrogens is 292 g/mol. The quantitative estimate of drug-likeness (QED) is 0.767. The largest absolute Gasteiger partial charge is 0.497 e. The van der Waals surface area contributed by atoms with Crippen LogP contribution in [-0.4, -0.2) is 25.8 Å². The number of methoxy groups -OCH3 is 2. The fourth-order valence-corrected chi connectivity index (χ4v) is 2.71. The fourth-order valence-electron chi connectivity index (χ4n) is 2.71. The molecule has 23 heavy (non-hydrogen) atoms. The molecule has 4 nitrogen and oxygen atoms in total. The highest BCUT2D eigenvalue weighted by atomic mass is 16.5. The molecular formula is C19H18O4. The van der Waals surface area contributed by atoms with E-state index in [0.717, 1.165) is 0 Å². The fraction of sp³-hybridized carbons (Fsp3) is 0.263. The minimum atomic E-state index is -0.210. The van der Waals surface area contributed by atoms with Crippen LogP contribution in [-0.2, 0) is 0 Å². The number of benzene rings is 2. The van der Waals surface area contributed by atoms with Gasteiger partial charge in [0.25, 0.3) is 0 Å². The average Bonchev–Trinajstić information content (AvgIpc) is 3.41. The number of hydrogen-bond acceptors (Lipinski definition) is 4. The van der Waals surface area contributed by atoms with Crippen molar-refractivity contribution in [2.45, 2.75) is 6.42 Å². The molecule has 2 aromatic rings. The van der Waals surface area contributed by atoms with Gasteiger partial charge >= 0.3 is 0 Å². The Morgan fingerprint density at radius 2 is 1.09 bits per heavy atom. The highest BCUT2D eigenvalue weighted by Crippen LogP contribution is 2.43. The second-order valence-electron chi connectivity index (χ2n) is 5.63. The Labute approximate surface area is 135 Å². The van der Waals surface area contributed by atoms with Crippen LogP contribution in [0.2, 0.25) is 0 Å². The number of hydrogen-bond donors (Lipinski definition) is 0. The lowest BCUT2D eigenvalue weighted by Gasteiger charge is -2.04. The Morgan fingerprint density at radius 3 is 1.39 bits per heavy atom. The van der Waals surface area contributed by atoms with E-state index in [1.54, 1.807) is 62.8 Å². The van der Waals surface area contributed by atoms with Gasteiger partial charge in [-0.05, 0) is 55.0 Å². The molecule has 0 aromatic heterocycles. The molecule has 1 aliphatic carbocycles. The molecule has 0 amide bonds. The van der Waals surface area contributed by atoms with Crippen molar-refractivity contribution in [2.75, 3.05) is 14.2 Å². The summed E-state index contributed by atoms with van der Waals surface area (Å²) < 4.78 is 10.2. The molecule has 3 rings (SSSR count). The molecule has 2 aromatic carbocycles. The molecule has 118 valence electrons. The van der Waals surface area contributed by atoms with Crippen LogP contribution in [0.3, 0.4) is 0 Å². The van der Waals surface area contributed by atoms with Crippen molar-refractivity contribution in [3.05, 3.63) is 59.7 Å². The average molecular weight is 310 g/mol. The molecule has 0 heterocycles.